The molecule has 0 bridgehead atoms. The molecule has 4 atom stereocenters. The Balaban J connectivity index is 1.36. The number of hydrogen-bond acceptors (Lipinski definition) is 6. The third kappa shape index (κ3) is 3.29. The van der Waals surface area contributed by atoms with E-state index in [1.54, 1.807) is 54.6 Å². The summed E-state index contributed by atoms with van der Waals surface area (Å²) in [6.07, 6.45) is 3.84. The van der Waals surface area contributed by atoms with Gasteiger partial charge in [-0.15, -0.1) is 0 Å². The van der Waals surface area contributed by atoms with Gasteiger partial charge in [-0.3, -0.25) is 14.4 Å². The molecule has 0 spiro atoms. The van der Waals surface area contributed by atoms with Crippen LogP contribution in [0.3, 0.4) is 0 Å². The predicted octanol–water partition coefficient (Wildman–Crippen LogP) is 5.10. The molecular formula is C28H18BrClN2O5. The van der Waals surface area contributed by atoms with E-state index in [0.29, 0.717) is 27.8 Å². The second-order valence-electron chi connectivity index (χ2n) is 9.38. The maximum Gasteiger partial charge on any atom is 0.240 e. The second-order valence-corrected chi connectivity index (χ2v) is 10.7. The Labute approximate surface area is 225 Å². The van der Waals surface area contributed by atoms with E-state index in [4.69, 9.17) is 21.1 Å². The molecule has 0 aromatic heterocycles. The molecule has 37 heavy (non-hydrogen) atoms. The molecule has 7 rings (SSSR count). The van der Waals surface area contributed by atoms with Crippen molar-refractivity contribution < 1.29 is 23.9 Å². The number of fused-ring (bicyclic) bond motifs is 6. The fourth-order valence-corrected chi connectivity index (χ4v) is 6.33. The Morgan fingerprint density at radius 2 is 1.68 bits per heavy atom. The highest BCUT2D eigenvalue weighted by Gasteiger charge is 2.64. The van der Waals surface area contributed by atoms with Crippen molar-refractivity contribution in [3.8, 4) is 11.5 Å². The molecule has 0 unspecified atom stereocenters. The van der Waals surface area contributed by atoms with E-state index in [0.717, 1.165) is 15.7 Å². The summed E-state index contributed by atoms with van der Waals surface area (Å²) in [6, 6.07) is 16.1. The molecule has 2 fully saturated rings. The summed E-state index contributed by atoms with van der Waals surface area (Å²) >= 11 is 9.76. The fourth-order valence-electron chi connectivity index (χ4n) is 5.90. The molecule has 9 heteroatoms. The zero-order valence-electron chi connectivity index (χ0n) is 19.1. The number of rotatable bonds is 3. The van der Waals surface area contributed by atoms with Crippen LogP contribution in [0.2, 0.25) is 5.02 Å². The van der Waals surface area contributed by atoms with Crippen LogP contribution < -0.4 is 19.3 Å². The Kier molecular flexibility index (Phi) is 5.00. The average molecular weight is 578 g/mol. The molecule has 4 heterocycles. The first kappa shape index (κ1) is 22.6. The summed E-state index contributed by atoms with van der Waals surface area (Å²) in [5, 5.41) is 0.513. The van der Waals surface area contributed by atoms with Crippen LogP contribution in [0.1, 0.15) is 15.9 Å². The molecule has 0 saturated carbocycles. The molecule has 4 aliphatic rings. The van der Waals surface area contributed by atoms with Crippen LogP contribution in [-0.2, 0) is 9.59 Å². The molecular weight excluding hydrogens is 560 g/mol. The first-order valence-electron chi connectivity index (χ1n) is 11.8. The first-order chi connectivity index (χ1) is 17.9. The molecule has 0 N–H and O–H groups in total. The maximum absolute atomic E-state index is 14.1. The third-order valence-corrected chi connectivity index (χ3v) is 8.25. The van der Waals surface area contributed by atoms with Gasteiger partial charge in [-0.1, -0.05) is 57.9 Å². The standard InChI is InChI=1S/C28H18BrClN2O5/c29-16-5-1-15(2-6-16)26(33)25-24-23(19-9-4-14-3-7-17(30)11-20(14)32(19)25)27(34)31(28(24)35)18-8-10-21-22(12-18)37-13-36-21/h1-12,19,23-25H,13H2/t19-,23-,24-,25-/m1/s1. The zero-order valence-corrected chi connectivity index (χ0v) is 21.5. The number of nitrogens with zero attached hydrogens (tertiary/aromatic N) is 2. The van der Waals surface area contributed by atoms with E-state index in [-0.39, 0.29) is 18.5 Å². The minimum Gasteiger partial charge on any atom is -0.454 e. The van der Waals surface area contributed by atoms with Gasteiger partial charge < -0.3 is 14.4 Å². The lowest BCUT2D eigenvalue weighted by Gasteiger charge is -2.36. The van der Waals surface area contributed by atoms with Crippen molar-refractivity contribution in [1.82, 2.24) is 0 Å². The van der Waals surface area contributed by atoms with E-state index < -0.39 is 29.8 Å². The zero-order chi connectivity index (χ0) is 25.4. The number of carbonyl (C=O) groups excluding carboxylic acids is 3. The number of carbonyl (C=O) groups is 3. The van der Waals surface area contributed by atoms with Gasteiger partial charge in [0.15, 0.2) is 17.3 Å². The molecule has 184 valence electrons. The van der Waals surface area contributed by atoms with Crippen LogP contribution in [0, 0.1) is 11.8 Å². The lowest BCUT2D eigenvalue weighted by atomic mass is 9.86. The molecule has 0 aliphatic carbocycles. The Morgan fingerprint density at radius 1 is 0.919 bits per heavy atom. The number of benzene rings is 3. The average Bonchev–Trinajstić information content (AvgIpc) is 3.57. The number of imide groups is 1. The van der Waals surface area contributed by atoms with E-state index in [9.17, 15) is 14.4 Å². The van der Waals surface area contributed by atoms with Gasteiger partial charge in [0, 0.05) is 26.8 Å². The van der Waals surface area contributed by atoms with Crippen LogP contribution in [0.15, 0.2) is 71.2 Å². The van der Waals surface area contributed by atoms with E-state index in [2.05, 4.69) is 15.9 Å². The van der Waals surface area contributed by atoms with E-state index in [1.807, 2.05) is 23.1 Å². The van der Waals surface area contributed by atoms with Crippen molar-refractivity contribution in [3.63, 3.8) is 0 Å². The number of anilines is 2. The largest absolute Gasteiger partial charge is 0.454 e. The van der Waals surface area contributed by atoms with Crippen LogP contribution in [-0.4, -0.2) is 36.5 Å². The minimum atomic E-state index is -0.881. The van der Waals surface area contributed by atoms with Crippen LogP contribution >= 0.6 is 27.5 Å². The topological polar surface area (TPSA) is 76.1 Å². The molecule has 0 radical (unpaired) electrons. The number of Topliss-reactive ketones (excluding diaryl/α,β-unsaturated/α-hetero) is 1. The Bertz CT molecular complexity index is 1540. The molecule has 2 amide bonds. The normalized spacial score (nSPS) is 24.8. The predicted molar refractivity (Wildman–Crippen MR) is 141 cm³/mol. The van der Waals surface area contributed by atoms with Crippen LogP contribution in [0.25, 0.3) is 6.08 Å². The van der Waals surface area contributed by atoms with Gasteiger partial charge in [0.25, 0.3) is 0 Å². The van der Waals surface area contributed by atoms with Crippen LogP contribution in [0.5, 0.6) is 11.5 Å². The van der Waals surface area contributed by atoms with Crippen molar-refractivity contribution in [2.45, 2.75) is 12.1 Å². The van der Waals surface area contributed by atoms with Gasteiger partial charge in [0.1, 0.15) is 6.04 Å². The summed E-state index contributed by atoms with van der Waals surface area (Å²) in [4.78, 5) is 45.1. The third-order valence-electron chi connectivity index (χ3n) is 7.48. The molecule has 2 saturated heterocycles. The smallest absolute Gasteiger partial charge is 0.240 e. The van der Waals surface area contributed by atoms with Crippen LogP contribution in [0.4, 0.5) is 11.4 Å². The number of hydrogen-bond donors (Lipinski definition) is 0. The molecule has 3 aromatic carbocycles. The van der Waals surface area contributed by atoms with E-state index in [1.165, 1.54) is 4.90 Å². The second kappa shape index (κ2) is 8.19. The maximum atomic E-state index is 14.1. The summed E-state index contributed by atoms with van der Waals surface area (Å²) in [6.45, 7) is 0.0828. The van der Waals surface area contributed by atoms with Gasteiger partial charge in [0.2, 0.25) is 18.6 Å². The highest BCUT2D eigenvalue weighted by molar-refractivity contribution is 9.10. The number of amides is 2. The van der Waals surface area contributed by atoms with Crippen molar-refractivity contribution in [2.24, 2.45) is 11.8 Å². The summed E-state index contributed by atoms with van der Waals surface area (Å²) in [7, 11) is 0. The lowest BCUT2D eigenvalue weighted by molar-refractivity contribution is -0.122. The van der Waals surface area contributed by atoms with Crippen molar-refractivity contribution in [2.75, 3.05) is 16.6 Å². The van der Waals surface area contributed by atoms with Crippen molar-refractivity contribution >= 4 is 62.6 Å². The highest BCUT2D eigenvalue weighted by Crippen LogP contribution is 2.51. The van der Waals surface area contributed by atoms with Gasteiger partial charge in [-0.25, -0.2) is 4.90 Å². The monoisotopic (exact) mass is 576 g/mol. The summed E-state index contributed by atoms with van der Waals surface area (Å²) < 4.78 is 11.7. The van der Waals surface area contributed by atoms with Crippen molar-refractivity contribution in [3.05, 3.63) is 87.4 Å². The summed E-state index contributed by atoms with van der Waals surface area (Å²) in [5.74, 6) is -1.54. The number of ketones is 1. The molecule has 4 aliphatic heterocycles. The number of ether oxygens (including phenoxy) is 2. The Morgan fingerprint density at radius 3 is 2.49 bits per heavy atom. The lowest BCUT2D eigenvalue weighted by Crippen LogP contribution is -2.48. The fraction of sp³-hybridized carbons (Fsp3) is 0.179. The Hall–Kier alpha value is -3.62. The molecule has 3 aromatic rings. The first-order valence-corrected chi connectivity index (χ1v) is 12.9. The van der Waals surface area contributed by atoms with Gasteiger partial charge in [-0.05, 0) is 42.0 Å². The minimum absolute atomic E-state index is 0.0828. The van der Waals surface area contributed by atoms with Gasteiger partial charge in [0.05, 0.1) is 23.6 Å². The quantitative estimate of drug-likeness (QED) is 0.318. The number of halogens is 2. The summed E-state index contributed by atoms with van der Waals surface area (Å²) in [5.41, 5.74) is 2.48. The van der Waals surface area contributed by atoms with E-state index >= 15 is 0 Å². The highest BCUT2D eigenvalue weighted by atomic mass is 79.9. The van der Waals surface area contributed by atoms with Gasteiger partial charge in [-0.2, -0.15) is 0 Å². The van der Waals surface area contributed by atoms with Crippen molar-refractivity contribution in [1.29, 1.82) is 0 Å². The molecule has 7 nitrogen and oxygen atoms in total. The SMILES string of the molecule is O=C(c1ccc(Br)cc1)[C@H]1[C@@H]2C(=O)N(c3ccc4c(c3)OCO4)C(=O)[C@@H]2[C@H]2C=Cc3ccc(Cl)cc3N21. The van der Waals surface area contributed by atoms with Gasteiger partial charge >= 0.3 is 0 Å².